The number of para-hydroxylation sites is 1. The number of benzene rings is 2. The fraction of sp³-hybridized carbons (Fsp3) is 0.158. The zero-order valence-corrected chi connectivity index (χ0v) is 13.2. The molecule has 122 valence electrons. The number of fused-ring (bicyclic) bond motifs is 1. The molecule has 0 saturated carbocycles. The van der Waals surface area contributed by atoms with Crippen LogP contribution < -0.4 is 4.74 Å². The molecule has 0 N–H and O–H groups in total. The van der Waals surface area contributed by atoms with Gasteiger partial charge in [0.05, 0.1) is 24.7 Å². The van der Waals surface area contributed by atoms with E-state index >= 15 is 0 Å². The molecule has 3 rings (SSSR count). The van der Waals surface area contributed by atoms with Crippen molar-refractivity contribution in [3.8, 4) is 5.75 Å². The summed E-state index contributed by atoms with van der Waals surface area (Å²) in [5, 5.41) is 1.04. The van der Waals surface area contributed by atoms with Gasteiger partial charge in [-0.05, 0) is 29.8 Å². The lowest BCUT2D eigenvalue weighted by atomic mass is 10.1. The minimum absolute atomic E-state index is 0.0277. The molecular weight excluding hydrogens is 309 g/mol. The van der Waals surface area contributed by atoms with Gasteiger partial charge in [0, 0.05) is 5.39 Å². The molecule has 4 nitrogen and oxygen atoms in total. The number of nitrogens with zero attached hydrogens (tertiary/aromatic N) is 1. The summed E-state index contributed by atoms with van der Waals surface area (Å²) in [5.41, 5.74) is 2.12. The van der Waals surface area contributed by atoms with Crippen molar-refractivity contribution in [3.63, 3.8) is 0 Å². The van der Waals surface area contributed by atoms with Crippen LogP contribution in [-0.2, 0) is 22.6 Å². The van der Waals surface area contributed by atoms with Crippen molar-refractivity contribution in [3.05, 3.63) is 71.7 Å². The molecule has 5 heteroatoms. The van der Waals surface area contributed by atoms with Crippen molar-refractivity contribution in [2.45, 2.75) is 13.0 Å². The van der Waals surface area contributed by atoms with E-state index in [1.807, 2.05) is 36.4 Å². The Hall–Kier alpha value is -2.95. The minimum Gasteiger partial charge on any atom is -0.484 e. The highest BCUT2D eigenvalue weighted by atomic mass is 19.1. The molecule has 1 heterocycles. The summed E-state index contributed by atoms with van der Waals surface area (Å²) in [6, 6.07) is 16.0. The molecule has 0 fully saturated rings. The maximum absolute atomic E-state index is 14.1. The Morgan fingerprint density at radius 2 is 1.96 bits per heavy atom. The van der Waals surface area contributed by atoms with E-state index in [2.05, 4.69) is 9.72 Å². The van der Waals surface area contributed by atoms with Crippen LogP contribution in [0.5, 0.6) is 5.75 Å². The largest absolute Gasteiger partial charge is 0.484 e. The second-order valence-electron chi connectivity index (χ2n) is 5.30. The number of methoxy groups -OCH3 is 1. The quantitative estimate of drug-likeness (QED) is 0.672. The number of carbonyl (C=O) groups is 1. The van der Waals surface area contributed by atoms with E-state index in [-0.39, 0.29) is 18.8 Å². The lowest BCUT2D eigenvalue weighted by Crippen LogP contribution is -2.05. The Morgan fingerprint density at radius 1 is 1.12 bits per heavy atom. The molecule has 0 aliphatic carbocycles. The van der Waals surface area contributed by atoms with Crippen molar-refractivity contribution in [2.24, 2.45) is 0 Å². The first-order valence-corrected chi connectivity index (χ1v) is 7.48. The number of hydrogen-bond donors (Lipinski definition) is 0. The van der Waals surface area contributed by atoms with Gasteiger partial charge < -0.3 is 9.47 Å². The van der Waals surface area contributed by atoms with Crippen molar-refractivity contribution in [1.29, 1.82) is 0 Å². The third-order valence-corrected chi connectivity index (χ3v) is 3.60. The topological polar surface area (TPSA) is 48.4 Å². The highest BCUT2D eigenvalue weighted by molar-refractivity contribution is 5.78. The van der Waals surface area contributed by atoms with E-state index in [0.29, 0.717) is 11.3 Å². The van der Waals surface area contributed by atoms with Gasteiger partial charge in [0.2, 0.25) is 0 Å². The molecule has 0 bridgehead atoms. The predicted molar refractivity (Wildman–Crippen MR) is 88.2 cm³/mol. The van der Waals surface area contributed by atoms with Gasteiger partial charge in [-0.1, -0.05) is 30.3 Å². The maximum Gasteiger partial charge on any atom is 0.309 e. The average molecular weight is 325 g/mol. The second-order valence-corrected chi connectivity index (χ2v) is 5.30. The van der Waals surface area contributed by atoms with E-state index in [4.69, 9.17) is 4.74 Å². The Morgan fingerprint density at radius 3 is 2.75 bits per heavy atom. The van der Waals surface area contributed by atoms with Crippen LogP contribution in [-0.4, -0.2) is 18.1 Å². The Labute approximate surface area is 138 Å². The molecule has 0 amide bonds. The van der Waals surface area contributed by atoms with Gasteiger partial charge in [-0.15, -0.1) is 0 Å². The number of aromatic nitrogens is 1. The Kier molecular flexibility index (Phi) is 4.70. The molecule has 0 atom stereocenters. The molecule has 0 radical (unpaired) electrons. The van der Waals surface area contributed by atoms with Gasteiger partial charge in [-0.2, -0.15) is 0 Å². The van der Waals surface area contributed by atoms with E-state index in [1.165, 1.54) is 19.2 Å². The van der Waals surface area contributed by atoms with Crippen molar-refractivity contribution >= 4 is 16.9 Å². The second kappa shape index (κ2) is 7.08. The fourth-order valence-corrected chi connectivity index (χ4v) is 2.35. The SMILES string of the molecule is COC(=O)Cc1ccc(OCc2ccc3ccccc3n2)c(F)c1. The lowest BCUT2D eigenvalue weighted by Gasteiger charge is -2.09. The van der Waals surface area contributed by atoms with Crippen molar-refractivity contribution in [1.82, 2.24) is 4.98 Å². The van der Waals surface area contributed by atoms with Crippen molar-refractivity contribution < 1.29 is 18.7 Å². The van der Waals surface area contributed by atoms with Crippen LogP contribution in [0.3, 0.4) is 0 Å². The van der Waals surface area contributed by atoms with Crippen LogP contribution in [0, 0.1) is 5.82 Å². The van der Waals surface area contributed by atoms with Crippen LogP contribution in [0.25, 0.3) is 10.9 Å². The summed E-state index contributed by atoms with van der Waals surface area (Å²) in [5.74, 6) is -0.806. The molecule has 1 aromatic heterocycles. The molecular formula is C19H16FNO3. The normalized spacial score (nSPS) is 10.6. The van der Waals surface area contributed by atoms with Crippen LogP contribution in [0.1, 0.15) is 11.3 Å². The first-order valence-electron chi connectivity index (χ1n) is 7.48. The third-order valence-electron chi connectivity index (χ3n) is 3.60. The zero-order chi connectivity index (χ0) is 16.9. The van der Waals surface area contributed by atoms with Crippen LogP contribution in [0.2, 0.25) is 0 Å². The Balaban J connectivity index is 1.70. The summed E-state index contributed by atoms with van der Waals surface area (Å²) in [6.07, 6.45) is 0.0277. The molecule has 3 aromatic rings. The average Bonchev–Trinajstić information content (AvgIpc) is 2.60. The molecule has 0 saturated heterocycles. The molecule has 0 spiro atoms. The van der Waals surface area contributed by atoms with E-state index in [1.54, 1.807) is 6.07 Å². The van der Waals surface area contributed by atoms with Gasteiger partial charge in [0.15, 0.2) is 11.6 Å². The van der Waals surface area contributed by atoms with E-state index < -0.39 is 11.8 Å². The standard InChI is InChI=1S/C19H16FNO3/c1-23-19(22)11-13-6-9-18(16(20)10-13)24-12-15-8-7-14-4-2-3-5-17(14)21-15/h2-10H,11-12H2,1H3. The van der Waals surface area contributed by atoms with Gasteiger partial charge in [-0.25, -0.2) is 9.37 Å². The van der Waals surface area contributed by atoms with Crippen LogP contribution in [0.4, 0.5) is 4.39 Å². The summed E-state index contributed by atoms with van der Waals surface area (Å²) in [6.45, 7) is 0.165. The van der Waals surface area contributed by atoms with Crippen LogP contribution in [0.15, 0.2) is 54.6 Å². The number of ether oxygens (including phenoxy) is 2. The van der Waals surface area contributed by atoms with Gasteiger partial charge in [0.1, 0.15) is 6.61 Å². The number of halogens is 1. The van der Waals surface area contributed by atoms with Crippen molar-refractivity contribution in [2.75, 3.05) is 7.11 Å². The van der Waals surface area contributed by atoms with E-state index in [9.17, 15) is 9.18 Å². The number of pyridine rings is 1. The Bertz CT molecular complexity index is 879. The summed E-state index contributed by atoms with van der Waals surface area (Å²) < 4.78 is 24.1. The number of hydrogen-bond acceptors (Lipinski definition) is 4. The fourth-order valence-electron chi connectivity index (χ4n) is 2.35. The highest BCUT2D eigenvalue weighted by Gasteiger charge is 2.09. The first-order chi connectivity index (χ1) is 11.7. The summed E-state index contributed by atoms with van der Waals surface area (Å²) >= 11 is 0. The molecule has 24 heavy (non-hydrogen) atoms. The summed E-state index contributed by atoms with van der Waals surface area (Å²) in [4.78, 5) is 15.7. The predicted octanol–water partition coefficient (Wildman–Crippen LogP) is 3.67. The molecule has 0 aliphatic heterocycles. The molecule has 0 aliphatic rings. The zero-order valence-electron chi connectivity index (χ0n) is 13.2. The number of carbonyl (C=O) groups excluding carboxylic acids is 1. The van der Waals surface area contributed by atoms with Gasteiger partial charge in [-0.3, -0.25) is 4.79 Å². The molecule has 2 aromatic carbocycles. The lowest BCUT2D eigenvalue weighted by molar-refractivity contribution is -0.139. The molecule has 0 unspecified atom stereocenters. The highest BCUT2D eigenvalue weighted by Crippen LogP contribution is 2.20. The third kappa shape index (κ3) is 3.68. The van der Waals surface area contributed by atoms with Gasteiger partial charge >= 0.3 is 5.97 Å². The smallest absolute Gasteiger partial charge is 0.309 e. The summed E-state index contributed by atoms with van der Waals surface area (Å²) in [7, 11) is 1.30. The van der Waals surface area contributed by atoms with Crippen LogP contribution >= 0.6 is 0 Å². The first kappa shape index (κ1) is 15.9. The van der Waals surface area contributed by atoms with Gasteiger partial charge in [0.25, 0.3) is 0 Å². The number of rotatable bonds is 5. The minimum atomic E-state index is -0.516. The monoisotopic (exact) mass is 325 g/mol. The number of esters is 1. The maximum atomic E-state index is 14.1. The van der Waals surface area contributed by atoms with E-state index in [0.717, 1.165) is 10.9 Å².